The predicted molar refractivity (Wildman–Crippen MR) is 51.5 cm³/mol. The van der Waals surface area contributed by atoms with Crippen molar-refractivity contribution in [3.8, 4) is 0 Å². The standard InChI is InChI=1S/C10H9BrO/c1-6-2-4-8(11)7-3-5-9(12)10(6)7/h2,4H,3,5H2,1H3. The van der Waals surface area contributed by atoms with Gasteiger partial charge in [0.1, 0.15) is 0 Å². The summed E-state index contributed by atoms with van der Waals surface area (Å²) in [5.74, 6) is 0.295. The minimum absolute atomic E-state index is 0.295. The van der Waals surface area contributed by atoms with Crippen molar-refractivity contribution in [1.82, 2.24) is 0 Å². The maximum atomic E-state index is 11.4. The van der Waals surface area contributed by atoms with Crippen LogP contribution >= 0.6 is 15.9 Å². The SMILES string of the molecule is Cc1ccc(Br)c2c1C(=O)CC2. The fourth-order valence-corrected chi connectivity index (χ4v) is 2.26. The number of aryl methyl sites for hydroxylation is 1. The molecule has 0 N–H and O–H groups in total. The number of ketones is 1. The summed E-state index contributed by atoms with van der Waals surface area (Å²) >= 11 is 3.46. The van der Waals surface area contributed by atoms with Crippen molar-refractivity contribution in [2.24, 2.45) is 0 Å². The van der Waals surface area contributed by atoms with Gasteiger partial charge in [0.25, 0.3) is 0 Å². The van der Waals surface area contributed by atoms with Crippen LogP contribution in [-0.2, 0) is 6.42 Å². The first-order valence-electron chi connectivity index (χ1n) is 4.01. The Hall–Kier alpha value is -0.630. The van der Waals surface area contributed by atoms with Crippen molar-refractivity contribution >= 4 is 21.7 Å². The highest BCUT2D eigenvalue weighted by molar-refractivity contribution is 9.10. The van der Waals surface area contributed by atoms with Gasteiger partial charge in [-0.2, -0.15) is 0 Å². The lowest BCUT2D eigenvalue weighted by atomic mass is 10.0. The first-order chi connectivity index (χ1) is 5.70. The average molecular weight is 225 g/mol. The molecule has 0 spiro atoms. The zero-order valence-corrected chi connectivity index (χ0v) is 8.44. The fraction of sp³-hybridized carbons (Fsp3) is 0.300. The molecule has 62 valence electrons. The number of carbonyl (C=O) groups excluding carboxylic acids is 1. The highest BCUT2D eigenvalue weighted by atomic mass is 79.9. The second-order valence-corrected chi connectivity index (χ2v) is 4.00. The zero-order valence-electron chi connectivity index (χ0n) is 6.86. The molecule has 0 radical (unpaired) electrons. The maximum Gasteiger partial charge on any atom is 0.163 e. The average Bonchev–Trinajstić information content (AvgIpc) is 2.42. The summed E-state index contributed by atoms with van der Waals surface area (Å²) in [7, 11) is 0. The third-order valence-corrected chi connectivity index (χ3v) is 3.09. The third kappa shape index (κ3) is 1.02. The molecule has 2 heteroatoms. The maximum absolute atomic E-state index is 11.4. The first kappa shape index (κ1) is 7.99. The Kier molecular flexibility index (Phi) is 1.80. The molecule has 0 saturated heterocycles. The molecule has 0 aliphatic heterocycles. The van der Waals surface area contributed by atoms with Gasteiger partial charge < -0.3 is 0 Å². The van der Waals surface area contributed by atoms with Crippen molar-refractivity contribution < 1.29 is 4.79 Å². The minimum Gasteiger partial charge on any atom is -0.294 e. The second kappa shape index (κ2) is 2.70. The van der Waals surface area contributed by atoms with Crippen LogP contribution in [0.1, 0.15) is 27.9 Å². The van der Waals surface area contributed by atoms with Gasteiger partial charge in [0.15, 0.2) is 5.78 Å². The molecule has 1 aliphatic rings. The molecule has 2 rings (SSSR count). The Morgan fingerprint density at radius 2 is 2.08 bits per heavy atom. The van der Waals surface area contributed by atoms with Crippen molar-refractivity contribution in [2.45, 2.75) is 19.8 Å². The molecule has 12 heavy (non-hydrogen) atoms. The summed E-state index contributed by atoms with van der Waals surface area (Å²) in [6.07, 6.45) is 1.58. The van der Waals surface area contributed by atoms with Crippen LogP contribution in [0.15, 0.2) is 16.6 Å². The van der Waals surface area contributed by atoms with Crippen LogP contribution in [-0.4, -0.2) is 5.78 Å². The third-order valence-electron chi connectivity index (χ3n) is 2.34. The Balaban J connectivity index is 2.72. The van der Waals surface area contributed by atoms with E-state index in [1.54, 1.807) is 0 Å². The second-order valence-electron chi connectivity index (χ2n) is 3.14. The molecular formula is C10H9BrO. The van der Waals surface area contributed by atoms with Crippen LogP contribution in [0.25, 0.3) is 0 Å². The van der Waals surface area contributed by atoms with Crippen molar-refractivity contribution in [1.29, 1.82) is 0 Å². The zero-order chi connectivity index (χ0) is 8.72. The Morgan fingerprint density at radius 3 is 2.75 bits per heavy atom. The summed E-state index contributed by atoms with van der Waals surface area (Å²) < 4.78 is 1.08. The molecule has 1 nitrogen and oxygen atoms in total. The van der Waals surface area contributed by atoms with E-state index < -0.39 is 0 Å². The largest absolute Gasteiger partial charge is 0.294 e. The first-order valence-corrected chi connectivity index (χ1v) is 4.80. The minimum atomic E-state index is 0.295. The lowest BCUT2D eigenvalue weighted by molar-refractivity contribution is 0.0994. The van der Waals surface area contributed by atoms with Gasteiger partial charge in [0.2, 0.25) is 0 Å². The monoisotopic (exact) mass is 224 g/mol. The highest BCUT2D eigenvalue weighted by Crippen LogP contribution is 2.31. The molecule has 0 bridgehead atoms. The molecule has 0 heterocycles. The number of Topliss-reactive ketones (excluding diaryl/α,β-unsaturated/α-hetero) is 1. The van der Waals surface area contributed by atoms with Gasteiger partial charge in [-0.1, -0.05) is 22.0 Å². The van der Waals surface area contributed by atoms with E-state index in [1.165, 1.54) is 5.56 Å². The number of fused-ring (bicyclic) bond motifs is 1. The summed E-state index contributed by atoms with van der Waals surface area (Å²) in [6, 6.07) is 4.01. The van der Waals surface area contributed by atoms with E-state index in [2.05, 4.69) is 15.9 Å². The predicted octanol–water partition coefficient (Wildman–Crippen LogP) is 2.89. The lowest BCUT2D eigenvalue weighted by Crippen LogP contribution is -1.95. The molecule has 0 aromatic heterocycles. The molecule has 0 amide bonds. The van der Waals surface area contributed by atoms with E-state index in [0.29, 0.717) is 12.2 Å². The van der Waals surface area contributed by atoms with Gasteiger partial charge in [-0.05, 0) is 30.5 Å². The summed E-state index contributed by atoms with van der Waals surface area (Å²) in [4.78, 5) is 11.4. The highest BCUT2D eigenvalue weighted by Gasteiger charge is 2.22. The van der Waals surface area contributed by atoms with Gasteiger partial charge in [0.05, 0.1) is 0 Å². The van der Waals surface area contributed by atoms with E-state index in [4.69, 9.17) is 0 Å². The molecule has 0 unspecified atom stereocenters. The summed E-state index contributed by atoms with van der Waals surface area (Å²) in [5, 5.41) is 0. The van der Waals surface area contributed by atoms with E-state index in [-0.39, 0.29) is 0 Å². The number of benzene rings is 1. The van der Waals surface area contributed by atoms with Crippen molar-refractivity contribution in [3.05, 3.63) is 33.3 Å². The van der Waals surface area contributed by atoms with Crippen molar-refractivity contribution in [2.75, 3.05) is 0 Å². The van der Waals surface area contributed by atoms with Gasteiger partial charge in [-0.25, -0.2) is 0 Å². The van der Waals surface area contributed by atoms with Gasteiger partial charge in [-0.15, -0.1) is 0 Å². The Morgan fingerprint density at radius 1 is 1.33 bits per heavy atom. The number of rotatable bonds is 0. The van der Waals surface area contributed by atoms with Crippen LogP contribution in [0.2, 0.25) is 0 Å². The Bertz CT molecular complexity index is 355. The topological polar surface area (TPSA) is 17.1 Å². The number of hydrogen-bond acceptors (Lipinski definition) is 1. The number of carbonyl (C=O) groups is 1. The van der Waals surface area contributed by atoms with E-state index in [0.717, 1.165) is 22.0 Å². The van der Waals surface area contributed by atoms with Crippen LogP contribution < -0.4 is 0 Å². The number of hydrogen-bond donors (Lipinski definition) is 0. The van der Waals surface area contributed by atoms with Crippen molar-refractivity contribution in [3.63, 3.8) is 0 Å². The van der Waals surface area contributed by atoms with E-state index in [9.17, 15) is 4.79 Å². The molecule has 0 fully saturated rings. The normalized spacial score (nSPS) is 15.0. The quantitative estimate of drug-likeness (QED) is 0.663. The van der Waals surface area contributed by atoms with Crippen LogP contribution in [0.4, 0.5) is 0 Å². The molecule has 0 saturated carbocycles. The molecule has 1 aliphatic carbocycles. The molecule has 1 aromatic carbocycles. The van der Waals surface area contributed by atoms with E-state index in [1.807, 2.05) is 19.1 Å². The van der Waals surface area contributed by atoms with Crippen LogP contribution in [0.3, 0.4) is 0 Å². The fourth-order valence-electron chi connectivity index (χ4n) is 1.74. The number of halogens is 1. The van der Waals surface area contributed by atoms with E-state index >= 15 is 0 Å². The molecule has 1 aromatic rings. The van der Waals surface area contributed by atoms with Crippen LogP contribution in [0.5, 0.6) is 0 Å². The molecular weight excluding hydrogens is 216 g/mol. The summed E-state index contributed by atoms with van der Waals surface area (Å²) in [6.45, 7) is 1.99. The van der Waals surface area contributed by atoms with Crippen LogP contribution in [0, 0.1) is 6.92 Å². The summed E-state index contributed by atoms with van der Waals surface area (Å²) in [5.41, 5.74) is 3.25. The van der Waals surface area contributed by atoms with Gasteiger partial charge in [-0.3, -0.25) is 4.79 Å². The Labute approximate surface area is 79.9 Å². The smallest absolute Gasteiger partial charge is 0.163 e. The van der Waals surface area contributed by atoms with Gasteiger partial charge >= 0.3 is 0 Å². The van der Waals surface area contributed by atoms with Gasteiger partial charge in [0, 0.05) is 16.5 Å². The lowest BCUT2D eigenvalue weighted by Gasteiger charge is -2.03. The molecule has 0 atom stereocenters.